The SMILES string of the molecule is CN(C(=O)CCNc1ccccc1[N+](=O)[O-])C1CCCCCC1. The molecule has 23 heavy (non-hydrogen) atoms. The molecule has 1 aromatic rings. The van der Waals surface area contributed by atoms with Crippen LogP contribution in [0, 0.1) is 10.1 Å². The number of rotatable bonds is 6. The first-order valence-corrected chi connectivity index (χ1v) is 8.32. The summed E-state index contributed by atoms with van der Waals surface area (Å²) in [5.41, 5.74) is 0.500. The van der Waals surface area contributed by atoms with Crippen LogP contribution in [0.5, 0.6) is 0 Å². The van der Waals surface area contributed by atoms with Crippen molar-refractivity contribution in [3.05, 3.63) is 34.4 Å². The predicted molar refractivity (Wildman–Crippen MR) is 90.5 cm³/mol. The Morgan fingerprint density at radius 1 is 1.26 bits per heavy atom. The van der Waals surface area contributed by atoms with E-state index in [0.29, 0.717) is 24.7 Å². The molecule has 6 heteroatoms. The summed E-state index contributed by atoms with van der Waals surface area (Å²) >= 11 is 0. The molecule has 1 fully saturated rings. The van der Waals surface area contributed by atoms with E-state index in [4.69, 9.17) is 0 Å². The molecule has 6 nitrogen and oxygen atoms in total. The highest BCUT2D eigenvalue weighted by Gasteiger charge is 2.21. The third-order valence-electron chi connectivity index (χ3n) is 4.52. The lowest BCUT2D eigenvalue weighted by atomic mass is 10.1. The number of nitro benzene ring substituents is 1. The Hall–Kier alpha value is -2.11. The number of carbonyl (C=O) groups is 1. The molecular weight excluding hydrogens is 294 g/mol. The largest absolute Gasteiger partial charge is 0.379 e. The maximum Gasteiger partial charge on any atom is 0.292 e. The van der Waals surface area contributed by atoms with Crippen molar-refractivity contribution >= 4 is 17.3 Å². The van der Waals surface area contributed by atoms with E-state index in [1.54, 1.807) is 18.2 Å². The summed E-state index contributed by atoms with van der Waals surface area (Å²) in [7, 11) is 1.88. The monoisotopic (exact) mass is 319 g/mol. The van der Waals surface area contributed by atoms with Crippen molar-refractivity contribution in [2.24, 2.45) is 0 Å². The van der Waals surface area contributed by atoms with Crippen molar-refractivity contribution in [1.82, 2.24) is 4.90 Å². The molecule has 1 saturated carbocycles. The summed E-state index contributed by atoms with van der Waals surface area (Å²) < 4.78 is 0. The third-order valence-corrected chi connectivity index (χ3v) is 4.52. The van der Waals surface area contributed by atoms with Crippen molar-refractivity contribution in [2.45, 2.75) is 51.0 Å². The van der Waals surface area contributed by atoms with Gasteiger partial charge in [-0.15, -0.1) is 0 Å². The molecule has 0 aliphatic heterocycles. The molecule has 0 unspecified atom stereocenters. The summed E-state index contributed by atoms with van der Waals surface area (Å²) in [4.78, 5) is 24.7. The van der Waals surface area contributed by atoms with Crippen molar-refractivity contribution in [1.29, 1.82) is 0 Å². The van der Waals surface area contributed by atoms with Gasteiger partial charge in [0.25, 0.3) is 5.69 Å². The van der Waals surface area contributed by atoms with Gasteiger partial charge in [-0.25, -0.2) is 0 Å². The number of hydrogen-bond acceptors (Lipinski definition) is 4. The maximum absolute atomic E-state index is 12.3. The van der Waals surface area contributed by atoms with Crippen LogP contribution >= 0.6 is 0 Å². The molecule has 0 radical (unpaired) electrons. The first-order valence-electron chi connectivity index (χ1n) is 8.32. The second-order valence-corrected chi connectivity index (χ2v) is 6.10. The lowest BCUT2D eigenvalue weighted by Gasteiger charge is -2.27. The quantitative estimate of drug-likeness (QED) is 0.494. The Morgan fingerprint density at radius 3 is 2.57 bits per heavy atom. The van der Waals surface area contributed by atoms with Gasteiger partial charge < -0.3 is 10.2 Å². The van der Waals surface area contributed by atoms with Crippen molar-refractivity contribution in [2.75, 3.05) is 18.9 Å². The van der Waals surface area contributed by atoms with E-state index in [9.17, 15) is 14.9 Å². The van der Waals surface area contributed by atoms with Gasteiger partial charge in [0, 0.05) is 32.1 Å². The molecule has 1 aliphatic rings. The van der Waals surface area contributed by atoms with Crippen LogP contribution < -0.4 is 5.32 Å². The summed E-state index contributed by atoms with van der Waals surface area (Å²) in [5, 5.41) is 14.0. The summed E-state index contributed by atoms with van der Waals surface area (Å²) in [5.74, 6) is 0.1000. The molecule has 1 aromatic carbocycles. The number of anilines is 1. The van der Waals surface area contributed by atoms with Crippen LogP contribution in [0.3, 0.4) is 0 Å². The molecule has 0 heterocycles. The molecular formula is C17H25N3O3. The van der Waals surface area contributed by atoms with E-state index in [1.165, 1.54) is 31.7 Å². The zero-order valence-corrected chi connectivity index (χ0v) is 13.7. The van der Waals surface area contributed by atoms with E-state index in [2.05, 4.69) is 5.32 Å². The van der Waals surface area contributed by atoms with Crippen LogP contribution in [0.1, 0.15) is 44.9 Å². The minimum absolute atomic E-state index is 0.0390. The predicted octanol–water partition coefficient (Wildman–Crippen LogP) is 3.58. The third kappa shape index (κ3) is 4.94. The normalized spacial score (nSPS) is 15.7. The van der Waals surface area contributed by atoms with E-state index in [1.807, 2.05) is 11.9 Å². The van der Waals surface area contributed by atoms with Gasteiger partial charge in [-0.1, -0.05) is 37.8 Å². The van der Waals surface area contributed by atoms with Crippen LogP contribution in [-0.4, -0.2) is 35.4 Å². The minimum atomic E-state index is -0.415. The first kappa shape index (κ1) is 17.2. The topological polar surface area (TPSA) is 75.5 Å². The molecule has 0 saturated heterocycles. The molecule has 0 spiro atoms. The van der Waals surface area contributed by atoms with Gasteiger partial charge in [0.05, 0.1) is 4.92 Å². The molecule has 0 bridgehead atoms. The number of nitro groups is 1. The summed E-state index contributed by atoms with van der Waals surface area (Å²) in [6.07, 6.45) is 7.42. The van der Waals surface area contributed by atoms with Crippen LogP contribution in [-0.2, 0) is 4.79 Å². The van der Waals surface area contributed by atoms with Crippen LogP contribution in [0.15, 0.2) is 24.3 Å². The average Bonchev–Trinajstić information content (AvgIpc) is 2.83. The van der Waals surface area contributed by atoms with Gasteiger partial charge in [0.2, 0.25) is 5.91 Å². The second kappa shape index (κ2) is 8.50. The molecule has 2 rings (SSSR count). The van der Waals surface area contributed by atoms with Crippen LogP contribution in [0.25, 0.3) is 0 Å². The average molecular weight is 319 g/mol. The zero-order valence-electron chi connectivity index (χ0n) is 13.7. The Morgan fingerprint density at radius 2 is 1.91 bits per heavy atom. The fourth-order valence-corrected chi connectivity index (χ4v) is 3.11. The van der Waals surface area contributed by atoms with Gasteiger partial charge in [0.1, 0.15) is 5.69 Å². The van der Waals surface area contributed by atoms with Crippen molar-refractivity contribution < 1.29 is 9.72 Å². The standard InChI is InChI=1S/C17H25N3O3/c1-19(14-8-4-2-3-5-9-14)17(21)12-13-18-15-10-6-7-11-16(15)20(22)23/h6-7,10-11,14,18H,2-5,8-9,12-13H2,1H3. The Bertz CT molecular complexity index is 540. The van der Waals surface area contributed by atoms with Crippen LogP contribution in [0.2, 0.25) is 0 Å². The summed E-state index contributed by atoms with van der Waals surface area (Å²) in [6, 6.07) is 6.85. The Labute approximate surface area is 137 Å². The molecule has 0 atom stereocenters. The fraction of sp³-hybridized carbons (Fsp3) is 0.588. The Kier molecular flexibility index (Phi) is 6.38. The zero-order chi connectivity index (χ0) is 16.7. The van der Waals surface area contributed by atoms with Gasteiger partial charge in [-0.3, -0.25) is 14.9 Å². The number of nitrogens with one attached hydrogen (secondary N) is 1. The van der Waals surface area contributed by atoms with Gasteiger partial charge in [-0.2, -0.15) is 0 Å². The molecule has 0 aromatic heterocycles. The van der Waals surface area contributed by atoms with Gasteiger partial charge >= 0.3 is 0 Å². The second-order valence-electron chi connectivity index (χ2n) is 6.10. The smallest absolute Gasteiger partial charge is 0.292 e. The molecule has 1 aliphatic carbocycles. The first-order chi connectivity index (χ1) is 11.1. The van der Waals surface area contributed by atoms with E-state index < -0.39 is 4.92 Å². The highest BCUT2D eigenvalue weighted by atomic mass is 16.6. The number of hydrogen-bond donors (Lipinski definition) is 1. The van der Waals surface area contributed by atoms with Gasteiger partial charge in [0.15, 0.2) is 0 Å². The van der Waals surface area contributed by atoms with E-state index in [-0.39, 0.29) is 11.6 Å². The number of amides is 1. The number of nitrogens with zero attached hydrogens (tertiary/aromatic N) is 2. The lowest BCUT2D eigenvalue weighted by Crippen LogP contribution is -2.37. The number of benzene rings is 1. The molecule has 1 N–H and O–H groups in total. The van der Waals surface area contributed by atoms with E-state index >= 15 is 0 Å². The van der Waals surface area contributed by atoms with Crippen molar-refractivity contribution in [3.8, 4) is 0 Å². The van der Waals surface area contributed by atoms with Crippen molar-refractivity contribution in [3.63, 3.8) is 0 Å². The number of para-hydroxylation sites is 2. The molecule has 1 amide bonds. The highest BCUT2D eigenvalue weighted by molar-refractivity contribution is 5.77. The minimum Gasteiger partial charge on any atom is -0.379 e. The lowest BCUT2D eigenvalue weighted by molar-refractivity contribution is -0.384. The maximum atomic E-state index is 12.3. The fourth-order valence-electron chi connectivity index (χ4n) is 3.11. The molecule has 126 valence electrons. The Balaban J connectivity index is 1.83. The van der Waals surface area contributed by atoms with Crippen LogP contribution in [0.4, 0.5) is 11.4 Å². The number of carbonyl (C=O) groups excluding carboxylic acids is 1. The van der Waals surface area contributed by atoms with Gasteiger partial charge in [-0.05, 0) is 18.9 Å². The summed E-state index contributed by atoms with van der Waals surface area (Å²) in [6.45, 7) is 0.404. The van der Waals surface area contributed by atoms with E-state index in [0.717, 1.165) is 12.8 Å². The highest BCUT2D eigenvalue weighted by Crippen LogP contribution is 2.24.